The van der Waals surface area contributed by atoms with Crippen LogP contribution in [-0.4, -0.2) is 62.2 Å². The minimum Gasteiger partial charge on any atom is -0.446 e. The zero-order valence-corrected chi connectivity index (χ0v) is 17.0. The Morgan fingerprint density at radius 3 is 2.63 bits per heavy atom. The van der Waals surface area contributed by atoms with Crippen molar-refractivity contribution in [2.45, 2.75) is 46.1 Å². The second-order valence-electron chi connectivity index (χ2n) is 6.38. The van der Waals surface area contributed by atoms with Crippen LogP contribution in [0.2, 0.25) is 0 Å². The lowest BCUT2D eigenvalue weighted by molar-refractivity contribution is -0.137. The molecule has 1 aromatic rings. The number of hydrogen-bond donors (Lipinski definition) is 1. The van der Waals surface area contributed by atoms with Gasteiger partial charge in [-0.05, 0) is 12.8 Å². The average molecular weight is 383 g/mol. The van der Waals surface area contributed by atoms with Crippen LogP contribution in [0.1, 0.15) is 55.9 Å². The van der Waals surface area contributed by atoms with E-state index in [4.69, 9.17) is 13.9 Å². The van der Waals surface area contributed by atoms with Crippen molar-refractivity contribution >= 4 is 11.8 Å². The van der Waals surface area contributed by atoms with Gasteiger partial charge in [-0.1, -0.05) is 26.7 Å². The molecular formula is C19H33N3O5. The average Bonchev–Trinajstić information content (AvgIpc) is 3.14. The quantitative estimate of drug-likeness (QED) is 0.495. The lowest BCUT2D eigenvalue weighted by Crippen LogP contribution is -2.38. The fraction of sp³-hybridized carbons (Fsp3) is 0.737. The Balaban J connectivity index is 2.75. The van der Waals surface area contributed by atoms with E-state index in [2.05, 4.69) is 17.2 Å². The van der Waals surface area contributed by atoms with Gasteiger partial charge in [-0.15, -0.1) is 0 Å². The standard InChI is InChI=1S/C19H33N3O5/c1-5-7-8-15(6-2)19(24)22(10-12-26-4)13-17-21-16(14-27-17)18(23)20-9-11-25-3/h14-15H,5-13H2,1-4H3,(H,20,23)/t15-/m0/s1. The summed E-state index contributed by atoms with van der Waals surface area (Å²) in [5.74, 6) is 0.0637. The number of ether oxygens (including phenoxy) is 2. The summed E-state index contributed by atoms with van der Waals surface area (Å²) in [5.41, 5.74) is 0.193. The van der Waals surface area contributed by atoms with Gasteiger partial charge in [0.05, 0.1) is 19.8 Å². The number of oxazole rings is 1. The number of hydrogen-bond acceptors (Lipinski definition) is 6. The number of carbonyl (C=O) groups excluding carboxylic acids is 2. The van der Waals surface area contributed by atoms with Gasteiger partial charge in [0, 0.05) is 33.2 Å². The van der Waals surface area contributed by atoms with Crippen LogP contribution in [0, 0.1) is 5.92 Å². The second kappa shape index (κ2) is 13.3. The highest BCUT2D eigenvalue weighted by atomic mass is 16.5. The minimum absolute atomic E-state index is 0.0198. The fourth-order valence-electron chi connectivity index (χ4n) is 2.69. The molecule has 0 unspecified atom stereocenters. The molecule has 0 saturated heterocycles. The molecular weight excluding hydrogens is 350 g/mol. The van der Waals surface area contributed by atoms with E-state index in [1.54, 1.807) is 19.1 Å². The van der Waals surface area contributed by atoms with E-state index in [1.807, 2.05) is 6.92 Å². The molecule has 0 aliphatic rings. The number of unbranched alkanes of at least 4 members (excludes halogenated alkanes) is 1. The predicted molar refractivity (Wildman–Crippen MR) is 101 cm³/mol. The van der Waals surface area contributed by atoms with Crippen molar-refractivity contribution < 1.29 is 23.5 Å². The molecule has 1 rings (SSSR count). The summed E-state index contributed by atoms with van der Waals surface area (Å²) in [7, 11) is 3.17. The Hall–Kier alpha value is -1.93. The maximum atomic E-state index is 12.9. The van der Waals surface area contributed by atoms with Crippen molar-refractivity contribution in [2.24, 2.45) is 5.92 Å². The van der Waals surface area contributed by atoms with Gasteiger partial charge in [0.1, 0.15) is 6.26 Å². The SMILES string of the molecule is CCCC[C@H](CC)C(=O)N(CCOC)Cc1nc(C(=O)NCCOC)co1. The third-order valence-corrected chi connectivity index (χ3v) is 4.33. The van der Waals surface area contributed by atoms with E-state index < -0.39 is 0 Å². The van der Waals surface area contributed by atoms with Gasteiger partial charge in [-0.2, -0.15) is 0 Å². The van der Waals surface area contributed by atoms with Gasteiger partial charge in [-0.3, -0.25) is 9.59 Å². The maximum absolute atomic E-state index is 12.9. The van der Waals surface area contributed by atoms with Gasteiger partial charge in [0.25, 0.3) is 5.91 Å². The first kappa shape index (κ1) is 23.1. The van der Waals surface area contributed by atoms with Crippen LogP contribution in [0.3, 0.4) is 0 Å². The molecule has 0 aliphatic heterocycles. The molecule has 8 heteroatoms. The largest absolute Gasteiger partial charge is 0.446 e. The molecule has 0 spiro atoms. The Morgan fingerprint density at radius 1 is 1.26 bits per heavy atom. The van der Waals surface area contributed by atoms with Gasteiger partial charge in [-0.25, -0.2) is 4.98 Å². The van der Waals surface area contributed by atoms with Crippen molar-refractivity contribution in [3.8, 4) is 0 Å². The maximum Gasteiger partial charge on any atom is 0.273 e. The molecule has 1 atom stereocenters. The van der Waals surface area contributed by atoms with Crippen LogP contribution >= 0.6 is 0 Å². The topological polar surface area (TPSA) is 93.9 Å². The normalized spacial score (nSPS) is 12.0. The summed E-state index contributed by atoms with van der Waals surface area (Å²) in [6.07, 6.45) is 5.05. The molecule has 154 valence electrons. The van der Waals surface area contributed by atoms with E-state index >= 15 is 0 Å². The number of carbonyl (C=O) groups is 2. The van der Waals surface area contributed by atoms with Gasteiger partial charge in [0.2, 0.25) is 11.8 Å². The Bertz CT molecular complexity index is 561. The van der Waals surface area contributed by atoms with E-state index in [1.165, 1.54) is 6.26 Å². The lowest BCUT2D eigenvalue weighted by atomic mass is 9.97. The molecule has 2 amide bonds. The number of aromatic nitrogens is 1. The molecule has 1 heterocycles. The summed E-state index contributed by atoms with van der Waals surface area (Å²) >= 11 is 0. The first-order chi connectivity index (χ1) is 13.1. The van der Waals surface area contributed by atoms with Crippen LogP contribution in [0.4, 0.5) is 0 Å². The summed E-state index contributed by atoms with van der Waals surface area (Å²) in [6, 6.07) is 0. The fourth-order valence-corrected chi connectivity index (χ4v) is 2.69. The summed E-state index contributed by atoms with van der Waals surface area (Å²) in [6.45, 7) is 6.07. The molecule has 0 bridgehead atoms. The number of methoxy groups -OCH3 is 2. The summed E-state index contributed by atoms with van der Waals surface area (Å²) < 4.78 is 15.4. The van der Waals surface area contributed by atoms with Crippen molar-refractivity contribution in [1.29, 1.82) is 0 Å². The Labute approximate surface area is 161 Å². The molecule has 0 aliphatic carbocycles. The lowest BCUT2D eigenvalue weighted by Gasteiger charge is -2.25. The van der Waals surface area contributed by atoms with Gasteiger partial charge in [0.15, 0.2) is 5.69 Å². The van der Waals surface area contributed by atoms with Gasteiger partial charge < -0.3 is 24.1 Å². The van der Waals surface area contributed by atoms with Crippen LogP contribution in [-0.2, 0) is 20.8 Å². The molecule has 1 aromatic heterocycles. The molecule has 1 N–H and O–H groups in total. The first-order valence-electron chi connectivity index (χ1n) is 9.56. The highest BCUT2D eigenvalue weighted by Gasteiger charge is 2.24. The number of rotatable bonds is 14. The zero-order chi connectivity index (χ0) is 20.1. The molecule has 27 heavy (non-hydrogen) atoms. The molecule has 0 saturated carbocycles. The van der Waals surface area contributed by atoms with E-state index in [9.17, 15) is 9.59 Å². The Morgan fingerprint density at radius 2 is 2.00 bits per heavy atom. The van der Waals surface area contributed by atoms with Crippen LogP contribution in [0.25, 0.3) is 0 Å². The van der Waals surface area contributed by atoms with Crippen LogP contribution < -0.4 is 5.32 Å². The second-order valence-corrected chi connectivity index (χ2v) is 6.38. The Kier molecular flexibility index (Phi) is 11.4. The third-order valence-electron chi connectivity index (χ3n) is 4.33. The predicted octanol–water partition coefficient (Wildman–Crippen LogP) is 2.24. The number of nitrogens with zero attached hydrogens (tertiary/aromatic N) is 2. The third kappa shape index (κ3) is 8.09. The van der Waals surface area contributed by atoms with Crippen LogP contribution in [0.15, 0.2) is 10.7 Å². The first-order valence-corrected chi connectivity index (χ1v) is 9.56. The van der Waals surface area contributed by atoms with Crippen molar-refractivity contribution in [2.75, 3.05) is 40.5 Å². The molecule has 8 nitrogen and oxygen atoms in total. The van der Waals surface area contributed by atoms with Crippen molar-refractivity contribution in [3.63, 3.8) is 0 Å². The van der Waals surface area contributed by atoms with E-state index in [0.29, 0.717) is 32.2 Å². The van der Waals surface area contributed by atoms with E-state index in [-0.39, 0.29) is 30.0 Å². The summed E-state index contributed by atoms with van der Waals surface area (Å²) in [4.78, 5) is 30.8. The smallest absolute Gasteiger partial charge is 0.273 e. The number of nitrogens with one attached hydrogen (secondary N) is 1. The molecule has 0 radical (unpaired) electrons. The van der Waals surface area contributed by atoms with Gasteiger partial charge >= 0.3 is 0 Å². The zero-order valence-electron chi connectivity index (χ0n) is 17.0. The van der Waals surface area contributed by atoms with E-state index in [0.717, 1.165) is 25.7 Å². The highest BCUT2D eigenvalue weighted by molar-refractivity contribution is 5.91. The minimum atomic E-state index is -0.328. The highest BCUT2D eigenvalue weighted by Crippen LogP contribution is 2.18. The molecule has 0 fully saturated rings. The number of amides is 2. The van der Waals surface area contributed by atoms with Crippen LogP contribution in [0.5, 0.6) is 0 Å². The monoisotopic (exact) mass is 383 g/mol. The summed E-state index contributed by atoms with van der Waals surface area (Å²) in [5, 5.41) is 2.69. The van der Waals surface area contributed by atoms with Crippen molar-refractivity contribution in [3.05, 3.63) is 17.8 Å². The molecule has 0 aromatic carbocycles. The van der Waals surface area contributed by atoms with Crippen molar-refractivity contribution in [1.82, 2.24) is 15.2 Å².